The van der Waals surface area contributed by atoms with Crippen molar-refractivity contribution in [2.24, 2.45) is 5.10 Å². The monoisotopic (exact) mass is 339 g/mol. The first-order valence-corrected chi connectivity index (χ1v) is 7.92. The maximum atomic E-state index is 11.9. The Balaban J connectivity index is 1.76. The third kappa shape index (κ3) is 6.10. The van der Waals surface area contributed by atoms with Crippen molar-refractivity contribution < 1.29 is 14.7 Å². The zero-order valence-corrected chi connectivity index (χ0v) is 14.2. The third-order valence-electron chi connectivity index (χ3n) is 3.51. The predicted octanol–water partition coefficient (Wildman–Crippen LogP) is 2.88. The number of nitrogens with zero attached hydrogens (tertiary/aromatic N) is 1. The van der Waals surface area contributed by atoms with Gasteiger partial charge in [-0.15, -0.1) is 0 Å². The molecular formula is C19H21N3O3. The van der Waals surface area contributed by atoms with Crippen LogP contribution >= 0.6 is 0 Å². The van der Waals surface area contributed by atoms with Gasteiger partial charge < -0.3 is 10.4 Å². The number of anilines is 1. The van der Waals surface area contributed by atoms with E-state index in [0.717, 1.165) is 16.8 Å². The van der Waals surface area contributed by atoms with E-state index in [-0.39, 0.29) is 30.4 Å². The van der Waals surface area contributed by atoms with E-state index in [1.54, 1.807) is 18.2 Å². The second kappa shape index (κ2) is 8.63. The van der Waals surface area contributed by atoms with E-state index >= 15 is 0 Å². The second-order valence-electron chi connectivity index (χ2n) is 5.75. The number of nitrogens with one attached hydrogen (secondary N) is 2. The van der Waals surface area contributed by atoms with Crippen LogP contribution in [0.15, 0.2) is 47.6 Å². The summed E-state index contributed by atoms with van der Waals surface area (Å²) < 4.78 is 0. The lowest BCUT2D eigenvalue weighted by atomic mass is 10.1. The molecule has 0 spiro atoms. The van der Waals surface area contributed by atoms with Crippen molar-refractivity contribution in [2.75, 3.05) is 5.32 Å². The van der Waals surface area contributed by atoms with Gasteiger partial charge in [-0.3, -0.25) is 9.59 Å². The van der Waals surface area contributed by atoms with Gasteiger partial charge in [0.15, 0.2) is 0 Å². The van der Waals surface area contributed by atoms with E-state index < -0.39 is 0 Å². The molecule has 25 heavy (non-hydrogen) atoms. The highest BCUT2D eigenvalue weighted by molar-refractivity contribution is 5.94. The maximum Gasteiger partial charge on any atom is 0.240 e. The summed E-state index contributed by atoms with van der Waals surface area (Å²) in [6.45, 7) is 3.91. The van der Waals surface area contributed by atoms with Crippen LogP contribution in [0.2, 0.25) is 0 Å². The summed E-state index contributed by atoms with van der Waals surface area (Å²) in [5.41, 5.74) is 5.87. The Bertz CT molecular complexity index is 800. The fourth-order valence-corrected chi connectivity index (χ4v) is 2.23. The molecule has 0 saturated heterocycles. The minimum absolute atomic E-state index is 0.0358. The minimum atomic E-state index is -0.354. The fourth-order valence-electron chi connectivity index (χ4n) is 2.23. The molecule has 6 heteroatoms. The minimum Gasteiger partial charge on any atom is -0.508 e. The number of hydrazone groups is 1. The third-order valence-corrected chi connectivity index (χ3v) is 3.51. The quantitative estimate of drug-likeness (QED) is 0.558. The van der Waals surface area contributed by atoms with Crippen molar-refractivity contribution in [3.63, 3.8) is 0 Å². The van der Waals surface area contributed by atoms with Crippen molar-refractivity contribution in [1.29, 1.82) is 0 Å². The first-order chi connectivity index (χ1) is 11.9. The van der Waals surface area contributed by atoms with Crippen LogP contribution in [-0.4, -0.2) is 23.1 Å². The van der Waals surface area contributed by atoms with Gasteiger partial charge in [-0.2, -0.15) is 5.10 Å². The van der Waals surface area contributed by atoms with Crippen LogP contribution in [0, 0.1) is 13.8 Å². The van der Waals surface area contributed by atoms with Gasteiger partial charge in [0.1, 0.15) is 5.75 Å². The van der Waals surface area contributed by atoms with Crippen molar-refractivity contribution in [1.82, 2.24) is 5.43 Å². The molecule has 0 aliphatic rings. The SMILES string of the molecule is Cc1ccc(NC(=O)CCC(=O)NN=Cc2cccc(O)c2)c(C)c1. The van der Waals surface area contributed by atoms with Gasteiger partial charge in [-0.05, 0) is 43.2 Å². The topological polar surface area (TPSA) is 90.8 Å². The van der Waals surface area contributed by atoms with E-state index in [9.17, 15) is 14.7 Å². The molecule has 0 aromatic heterocycles. The molecule has 0 saturated carbocycles. The Morgan fingerprint density at radius 3 is 2.56 bits per heavy atom. The molecule has 6 nitrogen and oxygen atoms in total. The highest BCUT2D eigenvalue weighted by Crippen LogP contribution is 2.16. The molecule has 130 valence electrons. The average molecular weight is 339 g/mol. The fraction of sp³-hybridized carbons (Fsp3) is 0.211. The van der Waals surface area contributed by atoms with Crippen LogP contribution in [0.25, 0.3) is 0 Å². The molecule has 0 unspecified atom stereocenters. The molecule has 0 bridgehead atoms. The van der Waals surface area contributed by atoms with Gasteiger partial charge in [0.25, 0.3) is 0 Å². The lowest BCUT2D eigenvalue weighted by Crippen LogP contribution is -2.20. The molecule has 0 aliphatic carbocycles. The Labute approximate surface area is 146 Å². The Kier molecular flexibility index (Phi) is 6.28. The molecule has 0 aliphatic heterocycles. The van der Waals surface area contributed by atoms with E-state index in [0.29, 0.717) is 5.56 Å². The standard InChI is InChI=1S/C19H21N3O3/c1-13-6-7-17(14(2)10-13)21-18(24)8-9-19(25)22-20-12-15-4-3-5-16(23)11-15/h3-7,10-12,23H,8-9H2,1-2H3,(H,21,24)(H,22,25). The molecule has 3 N–H and O–H groups in total. The number of amides is 2. The lowest BCUT2D eigenvalue weighted by molar-refractivity contribution is -0.124. The number of hydrogen-bond donors (Lipinski definition) is 3. The van der Waals surface area contributed by atoms with Gasteiger partial charge in [0.2, 0.25) is 11.8 Å². The van der Waals surface area contributed by atoms with Crippen molar-refractivity contribution >= 4 is 23.7 Å². The van der Waals surface area contributed by atoms with Crippen molar-refractivity contribution in [3.05, 3.63) is 59.2 Å². The number of phenolic OH excluding ortho intramolecular Hbond substituents is 1. The number of hydrogen-bond acceptors (Lipinski definition) is 4. The predicted molar refractivity (Wildman–Crippen MR) is 97.6 cm³/mol. The molecule has 2 amide bonds. The van der Waals surface area contributed by atoms with Crippen LogP contribution in [-0.2, 0) is 9.59 Å². The smallest absolute Gasteiger partial charge is 0.240 e. The van der Waals surface area contributed by atoms with Gasteiger partial charge in [0.05, 0.1) is 6.21 Å². The average Bonchev–Trinajstić information content (AvgIpc) is 2.56. The summed E-state index contributed by atoms with van der Waals surface area (Å²) in [6, 6.07) is 12.2. The van der Waals surface area contributed by atoms with Gasteiger partial charge >= 0.3 is 0 Å². The number of aromatic hydroxyl groups is 1. The molecule has 0 heterocycles. The highest BCUT2D eigenvalue weighted by Gasteiger charge is 2.08. The molecule has 0 radical (unpaired) electrons. The molecule has 2 aromatic rings. The largest absolute Gasteiger partial charge is 0.508 e. The summed E-state index contributed by atoms with van der Waals surface area (Å²) in [5, 5.41) is 15.9. The van der Waals surface area contributed by atoms with Crippen molar-refractivity contribution in [2.45, 2.75) is 26.7 Å². The Morgan fingerprint density at radius 2 is 1.84 bits per heavy atom. The van der Waals surface area contributed by atoms with E-state index in [4.69, 9.17) is 0 Å². The van der Waals surface area contributed by atoms with Gasteiger partial charge in [-0.25, -0.2) is 5.43 Å². The molecule has 2 rings (SSSR count). The molecule has 0 atom stereocenters. The number of benzene rings is 2. The summed E-state index contributed by atoms with van der Waals surface area (Å²) in [6.07, 6.45) is 1.53. The zero-order chi connectivity index (χ0) is 18.2. The molecule has 0 fully saturated rings. The van der Waals surface area contributed by atoms with Crippen LogP contribution in [0.4, 0.5) is 5.69 Å². The summed E-state index contributed by atoms with van der Waals surface area (Å²) in [7, 11) is 0. The van der Waals surface area contributed by atoms with Crippen LogP contribution in [0.3, 0.4) is 0 Å². The number of phenols is 1. The number of aryl methyl sites for hydroxylation is 2. The van der Waals surface area contributed by atoms with Gasteiger partial charge in [-0.1, -0.05) is 29.8 Å². The first kappa shape index (κ1) is 18.2. The normalized spacial score (nSPS) is 10.6. The summed E-state index contributed by atoms with van der Waals surface area (Å²) >= 11 is 0. The number of carbonyl (C=O) groups excluding carboxylic acids is 2. The molecule has 2 aromatic carbocycles. The maximum absolute atomic E-state index is 11.9. The first-order valence-electron chi connectivity index (χ1n) is 7.92. The van der Waals surface area contributed by atoms with Gasteiger partial charge in [0, 0.05) is 18.5 Å². The van der Waals surface area contributed by atoms with E-state index in [1.165, 1.54) is 12.3 Å². The Morgan fingerprint density at radius 1 is 1.08 bits per heavy atom. The summed E-state index contributed by atoms with van der Waals surface area (Å²) in [5.74, 6) is -0.454. The lowest BCUT2D eigenvalue weighted by Gasteiger charge is -2.08. The van der Waals surface area contributed by atoms with Crippen LogP contribution in [0.5, 0.6) is 5.75 Å². The Hall–Kier alpha value is -3.15. The van der Waals surface area contributed by atoms with E-state index in [1.807, 2.05) is 32.0 Å². The summed E-state index contributed by atoms with van der Waals surface area (Å²) in [4.78, 5) is 23.6. The molecular weight excluding hydrogens is 318 g/mol. The number of rotatable bonds is 6. The zero-order valence-electron chi connectivity index (χ0n) is 14.2. The highest BCUT2D eigenvalue weighted by atomic mass is 16.3. The number of carbonyl (C=O) groups is 2. The van der Waals surface area contributed by atoms with Crippen molar-refractivity contribution in [3.8, 4) is 5.75 Å². The van der Waals surface area contributed by atoms with Crippen LogP contribution < -0.4 is 10.7 Å². The van der Waals surface area contributed by atoms with E-state index in [2.05, 4.69) is 15.8 Å². The van der Waals surface area contributed by atoms with Crippen LogP contribution in [0.1, 0.15) is 29.5 Å². The second-order valence-corrected chi connectivity index (χ2v) is 5.75.